The van der Waals surface area contributed by atoms with Crippen LogP contribution in [0.15, 0.2) is 82.5 Å². The van der Waals surface area contributed by atoms with Crippen LogP contribution in [0, 0.1) is 0 Å². The van der Waals surface area contributed by atoms with Crippen molar-refractivity contribution >= 4 is 28.6 Å². The van der Waals surface area contributed by atoms with Crippen molar-refractivity contribution in [3.8, 4) is 0 Å². The number of hydrogen-bond acceptors (Lipinski definition) is 6. The van der Waals surface area contributed by atoms with Crippen LogP contribution in [-0.4, -0.2) is 33.1 Å². The van der Waals surface area contributed by atoms with Gasteiger partial charge in [-0.1, -0.05) is 30.3 Å². The summed E-state index contributed by atoms with van der Waals surface area (Å²) in [6.07, 6.45) is 1.95. The monoisotopic (exact) mass is 458 g/mol. The summed E-state index contributed by atoms with van der Waals surface area (Å²) in [6, 6.07) is 18.9. The molecule has 0 bridgehead atoms. The molecule has 0 atom stereocenters. The summed E-state index contributed by atoms with van der Waals surface area (Å²) < 4.78 is 7.02. The van der Waals surface area contributed by atoms with Crippen molar-refractivity contribution in [3.05, 3.63) is 105 Å². The highest BCUT2D eigenvalue weighted by molar-refractivity contribution is 5.93. The van der Waals surface area contributed by atoms with Crippen LogP contribution in [0.3, 0.4) is 0 Å². The van der Waals surface area contributed by atoms with Gasteiger partial charge in [0.25, 0.3) is 5.56 Å². The van der Waals surface area contributed by atoms with Crippen LogP contribution in [0.4, 0.5) is 5.69 Å². The van der Waals surface area contributed by atoms with Gasteiger partial charge in [-0.15, -0.1) is 0 Å². The molecule has 1 N–H and O–H groups in total. The van der Waals surface area contributed by atoms with Gasteiger partial charge in [-0.05, 0) is 48.4 Å². The highest BCUT2D eigenvalue weighted by Gasteiger charge is 2.16. The maximum atomic E-state index is 13.2. The Labute approximate surface area is 194 Å². The fraction of sp³-hybridized carbons (Fsp3) is 0.160. The lowest BCUT2D eigenvalue weighted by Gasteiger charge is -2.14. The number of rotatable bonds is 7. The van der Waals surface area contributed by atoms with Crippen molar-refractivity contribution in [3.63, 3.8) is 0 Å². The lowest BCUT2D eigenvalue weighted by molar-refractivity contribution is -0.116. The number of ether oxygens (including phenoxy) is 1. The maximum Gasteiger partial charge on any atom is 0.337 e. The number of pyridine rings is 1. The molecule has 172 valence electrons. The Morgan fingerprint density at radius 1 is 0.941 bits per heavy atom. The van der Waals surface area contributed by atoms with Gasteiger partial charge < -0.3 is 10.1 Å². The number of hydrogen-bond donors (Lipinski definition) is 1. The third-order valence-electron chi connectivity index (χ3n) is 5.35. The van der Waals surface area contributed by atoms with Crippen LogP contribution < -0.4 is 16.6 Å². The standard InChI is InChI=1S/C25H22N4O5/c1-34-24(32)18-9-11-19(12-10-18)27-21(30)16-29-20-8-5-14-26-22(20)23(31)28(25(29)33)15-13-17-6-3-2-4-7-17/h2-12,14H,13,15-16H2,1H3,(H,27,30). The summed E-state index contributed by atoms with van der Waals surface area (Å²) in [5.74, 6) is -0.951. The van der Waals surface area contributed by atoms with Crippen molar-refractivity contribution in [1.82, 2.24) is 14.1 Å². The molecule has 34 heavy (non-hydrogen) atoms. The van der Waals surface area contributed by atoms with Gasteiger partial charge in [0.2, 0.25) is 5.91 Å². The number of nitrogens with zero attached hydrogens (tertiary/aromatic N) is 3. The smallest absolute Gasteiger partial charge is 0.337 e. The van der Waals surface area contributed by atoms with Crippen LogP contribution in [-0.2, 0) is 29.0 Å². The lowest BCUT2D eigenvalue weighted by atomic mass is 10.1. The van der Waals surface area contributed by atoms with Gasteiger partial charge in [0, 0.05) is 18.4 Å². The highest BCUT2D eigenvalue weighted by atomic mass is 16.5. The van der Waals surface area contributed by atoms with Crippen molar-refractivity contribution in [1.29, 1.82) is 0 Å². The number of fused-ring (bicyclic) bond motifs is 1. The van der Waals surface area contributed by atoms with E-state index in [4.69, 9.17) is 0 Å². The van der Waals surface area contributed by atoms with E-state index in [0.717, 1.165) is 10.1 Å². The first-order valence-electron chi connectivity index (χ1n) is 10.6. The van der Waals surface area contributed by atoms with Gasteiger partial charge in [0.15, 0.2) is 5.52 Å². The van der Waals surface area contributed by atoms with E-state index in [-0.39, 0.29) is 24.1 Å². The molecule has 2 aromatic heterocycles. The minimum Gasteiger partial charge on any atom is -0.465 e. The zero-order chi connectivity index (χ0) is 24.1. The summed E-state index contributed by atoms with van der Waals surface area (Å²) in [6.45, 7) is -0.157. The fourth-order valence-corrected chi connectivity index (χ4v) is 3.63. The van der Waals surface area contributed by atoms with E-state index in [1.54, 1.807) is 24.3 Å². The second kappa shape index (κ2) is 9.95. The summed E-state index contributed by atoms with van der Waals surface area (Å²) >= 11 is 0. The number of esters is 1. The molecule has 0 aliphatic heterocycles. The Morgan fingerprint density at radius 2 is 1.68 bits per heavy atom. The third kappa shape index (κ3) is 4.78. The van der Waals surface area contributed by atoms with Crippen molar-refractivity contribution in [2.45, 2.75) is 19.5 Å². The van der Waals surface area contributed by atoms with E-state index in [1.165, 1.54) is 30.0 Å². The van der Waals surface area contributed by atoms with Crippen LogP contribution >= 0.6 is 0 Å². The molecule has 2 aromatic carbocycles. The summed E-state index contributed by atoms with van der Waals surface area (Å²) in [5, 5.41) is 2.70. The molecule has 0 aliphatic rings. The first-order chi connectivity index (χ1) is 16.5. The predicted molar refractivity (Wildman–Crippen MR) is 127 cm³/mol. The quantitative estimate of drug-likeness (QED) is 0.425. The fourth-order valence-electron chi connectivity index (χ4n) is 3.63. The molecule has 0 saturated carbocycles. The van der Waals surface area contributed by atoms with Crippen molar-refractivity contribution in [2.24, 2.45) is 0 Å². The van der Waals surface area contributed by atoms with E-state index in [0.29, 0.717) is 17.7 Å². The first-order valence-corrected chi connectivity index (χ1v) is 10.6. The van der Waals surface area contributed by atoms with Crippen LogP contribution in [0.5, 0.6) is 0 Å². The third-order valence-corrected chi connectivity index (χ3v) is 5.35. The minimum atomic E-state index is -0.586. The average Bonchev–Trinajstić information content (AvgIpc) is 2.87. The number of carbonyl (C=O) groups is 2. The molecule has 9 nitrogen and oxygen atoms in total. The normalized spacial score (nSPS) is 10.7. The van der Waals surface area contributed by atoms with E-state index in [9.17, 15) is 19.2 Å². The molecule has 0 radical (unpaired) electrons. The highest BCUT2D eigenvalue weighted by Crippen LogP contribution is 2.11. The second-order valence-electron chi connectivity index (χ2n) is 7.55. The number of aryl methyl sites for hydroxylation is 1. The Kier molecular flexibility index (Phi) is 6.63. The van der Waals surface area contributed by atoms with Crippen molar-refractivity contribution in [2.75, 3.05) is 12.4 Å². The molecule has 0 aliphatic carbocycles. The molecule has 1 amide bonds. The van der Waals surface area contributed by atoms with Crippen LogP contribution in [0.1, 0.15) is 15.9 Å². The van der Waals surface area contributed by atoms with E-state index < -0.39 is 23.1 Å². The first kappa shape index (κ1) is 22.7. The average molecular weight is 458 g/mol. The molecular weight excluding hydrogens is 436 g/mol. The zero-order valence-electron chi connectivity index (χ0n) is 18.4. The Balaban J connectivity index is 1.62. The SMILES string of the molecule is COC(=O)c1ccc(NC(=O)Cn2c(=O)n(CCc3ccccc3)c(=O)c3ncccc32)cc1. The lowest BCUT2D eigenvalue weighted by Crippen LogP contribution is -2.42. The van der Waals surface area contributed by atoms with E-state index in [2.05, 4.69) is 15.0 Å². The molecule has 0 fully saturated rings. The van der Waals surface area contributed by atoms with Gasteiger partial charge in [-0.25, -0.2) is 14.6 Å². The number of methoxy groups -OCH3 is 1. The molecule has 2 heterocycles. The zero-order valence-corrected chi connectivity index (χ0v) is 18.4. The van der Waals surface area contributed by atoms with Gasteiger partial charge in [-0.2, -0.15) is 0 Å². The topological polar surface area (TPSA) is 112 Å². The van der Waals surface area contributed by atoms with Gasteiger partial charge >= 0.3 is 11.7 Å². The van der Waals surface area contributed by atoms with Crippen LogP contribution in [0.2, 0.25) is 0 Å². The number of carbonyl (C=O) groups excluding carboxylic acids is 2. The van der Waals surface area contributed by atoms with Gasteiger partial charge in [0.1, 0.15) is 6.54 Å². The molecule has 4 aromatic rings. The number of nitrogens with one attached hydrogen (secondary N) is 1. The number of amides is 1. The minimum absolute atomic E-state index is 0.116. The number of anilines is 1. The Morgan fingerprint density at radius 3 is 2.38 bits per heavy atom. The van der Waals surface area contributed by atoms with Gasteiger partial charge in [0.05, 0.1) is 18.2 Å². The Bertz CT molecular complexity index is 1460. The summed E-state index contributed by atoms with van der Waals surface area (Å²) in [4.78, 5) is 54.7. The van der Waals surface area contributed by atoms with Crippen molar-refractivity contribution < 1.29 is 14.3 Å². The van der Waals surface area contributed by atoms with Gasteiger partial charge in [-0.3, -0.25) is 18.7 Å². The number of benzene rings is 2. The molecule has 4 rings (SSSR count). The van der Waals surface area contributed by atoms with E-state index >= 15 is 0 Å². The Hall–Kier alpha value is -4.53. The van der Waals surface area contributed by atoms with E-state index in [1.807, 2.05) is 30.3 Å². The number of aromatic nitrogens is 3. The molecule has 0 spiro atoms. The largest absolute Gasteiger partial charge is 0.465 e. The second-order valence-corrected chi connectivity index (χ2v) is 7.55. The molecule has 0 unspecified atom stereocenters. The summed E-state index contributed by atoms with van der Waals surface area (Å²) in [7, 11) is 1.29. The predicted octanol–water partition coefficient (Wildman–Crippen LogP) is 2.23. The maximum absolute atomic E-state index is 13.2. The molecule has 9 heteroatoms. The molecular formula is C25H22N4O5. The molecule has 0 saturated heterocycles. The summed E-state index contributed by atoms with van der Waals surface area (Å²) in [5.41, 5.74) is 1.10. The van der Waals surface area contributed by atoms with Crippen LogP contribution in [0.25, 0.3) is 11.0 Å².